The minimum atomic E-state index is -3.00. The van der Waals surface area contributed by atoms with Crippen molar-refractivity contribution in [2.45, 2.75) is 120 Å². The van der Waals surface area contributed by atoms with Crippen LogP contribution < -0.4 is 5.56 Å². The molecule has 202 valence electrons. The van der Waals surface area contributed by atoms with Gasteiger partial charge in [0.2, 0.25) is 0 Å². The first kappa shape index (κ1) is 26.9. The molecule has 0 atom stereocenters. The second-order valence-corrected chi connectivity index (χ2v) is 31.3. The molecule has 5 heteroatoms. The van der Waals surface area contributed by atoms with Gasteiger partial charge in [0.15, 0.2) is 0 Å². The standard InChI is InChI=1S/C15H12N2OS.3C6H11.Sn/c1-10-7-8-12-13(9-10)16-15(19)17(14(12)18)11-5-3-2-4-6-11;3*1-2-4-6-5-3-1;/h2-9H,1H3,(H,16,19);3*1H,2-6H2;/q;;;;+1/p-1. The normalized spacial score (nSPS) is 20.7. The molecule has 2 aromatic carbocycles. The van der Waals surface area contributed by atoms with Crippen LogP contribution in [0.3, 0.4) is 0 Å². The summed E-state index contributed by atoms with van der Waals surface area (Å²) in [7, 11) is 2.27. The molecule has 3 aliphatic rings. The predicted molar refractivity (Wildman–Crippen MR) is 164 cm³/mol. The van der Waals surface area contributed by atoms with Crippen molar-refractivity contribution in [2.75, 3.05) is 0 Å². The molecule has 0 aliphatic heterocycles. The molecule has 1 heterocycles. The quantitative estimate of drug-likeness (QED) is 0.200. The maximum absolute atomic E-state index is 14.2. The monoisotopic (exact) mass is 636 g/mol. The number of para-hydroxylation sites is 1. The van der Waals surface area contributed by atoms with E-state index < -0.39 is 17.0 Å². The molecule has 6 rings (SSSR count). The Labute approximate surface area is 235 Å². The Balaban J connectivity index is 1.57. The third-order valence-corrected chi connectivity index (χ3v) is 38.0. The van der Waals surface area contributed by atoms with Gasteiger partial charge in [-0.3, -0.25) is 0 Å². The average Bonchev–Trinajstić information content (AvgIpc) is 2.97. The van der Waals surface area contributed by atoms with Crippen LogP contribution in [0.15, 0.2) is 58.5 Å². The maximum atomic E-state index is 14.2. The predicted octanol–water partition coefficient (Wildman–Crippen LogP) is 9.73. The minimum absolute atomic E-state index is 0.111. The molecule has 0 radical (unpaired) electrons. The summed E-state index contributed by atoms with van der Waals surface area (Å²) in [5.41, 5.74) is 3.16. The van der Waals surface area contributed by atoms with Crippen LogP contribution in [0.5, 0.6) is 0 Å². The second kappa shape index (κ2) is 12.1. The Morgan fingerprint density at radius 1 is 0.737 bits per heavy atom. The average molecular weight is 636 g/mol. The van der Waals surface area contributed by atoms with Gasteiger partial charge in [0.25, 0.3) is 0 Å². The van der Waals surface area contributed by atoms with Gasteiger partial charge >= 0.3 is 237 Å². The van der Waals surface area contributed by atoms with Crippen LogP contribution in [0.25, 0.3) is 16.6 Å². The van der Waals surface area contributed by atoms with Crippen molar-refractivity contribution in [3.8, 4) is 5.69 Å². The van der Waals surface area contributed by atoms with E-state index in [4.69, 9.17) is 4.98 Å². The fraction of sp³-hybridized carbons (Fsp3) is 0.576. The van der Waals surface area contributed by atoms with Gasteiger partial charge in [0.05, 0.1) is 0 Å². The van der Waals surface area contributed by atoms with Crippen molar-refractivity contribution in [1.82, 2.24) is 9.55 Å². The van der Waals surface area contributed by atoms with E-state index in [1.807, 2.05) is 10.6 Å². The summed E-state index contributed by atoms with van der Waals surface area (Å²) in [4.78, 5) is 19.6. The van der Waals surface area contributed by atoms with Gasteiger partial charge in [-0.05, 0) is 0 Å². The fourth-order valence-electron chi connectivity index (χ4n) is 8.22. The third-order valence-electron chi connectivity index (χ3n) is 10.0. The summed E-state index contributed by atoms with van der Waals surface area (Å²) in [6.45, 7) is 2.12. The summed E-state index contributed by atoms with van der Waals surface area (Å²) in [5, 5.41) is 1.77. The number of hydrogen-bond acceptors (Lipinski definition) is 3. The summed E-state index contributed by atoms with van der Waals surface area (Å²) in [6, 6.07) is 16.6. The summed E-state index contributed by atoms with van der Waals surface area (Å²) < 4.78 is 4.82. The number of aryl methyl sites for hydroxylation is 1. The van der Waals surface area contributed by atoms with E-state index in [0.717, 1.165) is 33.5 Å². The van der Waals surface area contributed by atoms with Crippen LogP contribution in [-0.4, -0.2) is 26.5 Å². The Hall–Kier alpha value is -1.27. The van der Waals surface area contributed by atoms with E-state index in [2.05, 4.69) is 58.3 Å². The molecule has 3 saturated carbocycles. The number of fused-ring (bicyclic) bond motifs is 1. The molecule has 3 aliphatic carbocycles. The molecule has 0 amide bonds. The molecule has 0 bridgehead atoms. The van der Waals surface area contributed by atoms with Crippen molar-refractivity contribution in [1.29, 1.82) is 0 Å². The summed E-state index contributed by atoms with van der Waals surface area (Å²) in [5.74, 6) is 0. The summed E-state index contributed by atoms with van der Waals surface area (Å²) >= 11 is -3.00. The van der Waals surface area contributed by atoms with Crippen LogP contribution in [0.4, 0.5) is 0 Å². The first-order valence-corrected chi connectivity index (χ1v) is 24.7. The zero-order valence-corrected chi connectivity index (χ0v) is 26.8. The first-order valence-electron chi connectivity index (χ1n) is 15.4. The number of aromatic nitrogens is 2. The van der Waals surface area contributed by atoms with E-state index >= 15 is 0 Å². The van der Waals surface area contributed by atoms with Crippen molar-refractivity contribution in [3.05, 3.63) is 64.4 Å². The van der Waals surface area contributed by atoms with Crippen LogP contribution in [0.1, 0.15) is 102 Å². The fourth-order valence-corrected chi connectivity index (χ4v) is 39.3. The Kier molecular flexibility index (Phi) is 8.56. The van der Waals surface area contributed by atoms with Gasteiger partial charge in [-0.15, -0.1) is 0 Å². The molecule has 38 heavy (non-hydrogen) atoms. The van der Waals surface area contributed by atoms with E-state index in [1.54, 1.807) is 0 Å². The van der Waals surface area contributed by atoms with Gasteiger partial charge in [-0.1, -0.05) is 0 Å². The zero-order valence-electron chi connectivity index (χ0n) is 23.2. The van der Waals surface area contributed by atoms with Crippen LogP contribution in [0, 0.1) is 6.92 Å². The Bertz CT molecular complexity index is 1240. The van der Waals surface area contributed by atoms with Gasteiger partial charge in [0, 0.05) is 0 Å². The van der Waals surface area contributed by atoms with Gasteiger partial charge < -0.3 is 0 Å². The van der Waals surface area contributed by atoms with Crippen molar-refractivity contribution >= 4 is 36.8 Å². The molecule has 3 nitrogen and oxygen atoms in total. The van der Waals surface area contributed by atoms with Crippen LogP contribution >= 0.6 is 8.95 Å². The molecular formula is C33H44N2OSSn. The SMILES string of the molecule is Cc1ccc2c(=O)n(-c3ccccc3)c([S][Sn]([CH]3CCCCC3)([CH]3CCCCC3)[CH]3CCCCC3)nc2c1. The van der Waals surface area contributed by atoms with Crippen molar-refractivity contribution < 1.29 is 0 Å². The topological polar surface area (TPSA) is 34.9 Å². The van der Waals surface area contributed by atoms with E-state index in [0.29, 0.717) is 0 Å². The van der Waals surface area contributed by atoms with Gasteiger partial charge in [-0.2, -0.15) is 0 Å². The van der Waals surface area contributed by atoms with Crippen LogP contribution in [-0.2, 0) is 0 Å². The molecule has 0 spiro atoms. The van der Waals surface area contributed by atoms with Crippen molar-refractivity contribution in [3.63, 3.8) is 0 Å². The van der Waals surface area contributed by atoms with Gasteiger partial charge in [-0.25, -0.2) is 0 Å². The van der Waals surface area contributed by atoms with E-state index in [1.165, 1.54) is 102 Å². The first-order chi connectivity index (χ1) is 18.7. The number of benzene rings is 2. The molecule has 1 aromatic heterocycles. The number of nitrogens with zero attached hydrogens (tertiary/aromatic N) is 2. The molecular weight excluding hydrogens is 591 g/mol. The third kappa shape index (κ3) is 5.25. The molecule has 3 aromatic rings. The number of hydrogen-bond donors (Lipinski definition) is 0. The van der Waals surface area contributed by atoms with Crippen molar-refractivity contribution in [2.24, 2.45) is 0 Å². The number of rotatable bonds is 6. The molecule has 0 N–H and O–H groups in total. The van der Waals surface area contributed by atoms with E-state index in [-0.39, 0.29) is 5.56 Å². The Morgan fingerprint density at radius 2 is 1.26 bits per heavy atom. The second-order valence-electron chi connectivity index (χ2n) is 12.4. The van der Waals surface area contributed by atoms with Crippen LogP contribution in [0.2, 0.25) is 11.8 Å². The van der Waals surface area contributed by atoms with Gasteiger partial charge in [0.1, 0.15) is 0 Å². The summed E-state index contributed by atoms with van der Waals surface area (Å²) in [6.07, 6.45) is 21.4. The Morgan fingerprint density at radius 3 is 1.79 bits per heavy atom. The van der Waals surface area contributed by atoms with E-state index in [9.17, 15) is 4.79 Å². The molecule has 0 saturated heterocycles. The molecule has 3 fully saturated rings. The molecule has 0 unspecified atom stereocenters. The zero-order chi connectivity index (χ0) is 26.0.